The Morgan fingerprint density at radius 2 is 1.55 bits per heavy atom. The van der Waals surface area contributed by atoms with Gasteiger partial charge < -0.3 is 15.8 Å². The number of hydrogen-bond donors (Lipinski definition) is 5. The molecule has 0 aromatic heterocycles. The molecular weight excluding hydrogens is 302 g/mol. The van der Waals surface area contributed by atoms with Crippen LogP contribution < -0.4 is 21.1 Å². The smallest absolute Gasteiger partial charge is 0.195 e. The van der Waals surface area contributed by atoms with Crippen LogP contribution in [0.4, 0.5) is 0 Å². The maximum Gasteiger partial charge on any atom is 0.195 e. The summed E-state index contributed by atoms with van der Waals surface area (Å²) in [5.41, 5.74) is 6.12. The first-order chi connectivity index (χ1) is 10.1. The summed E-state index contributed by atoms with van der Waals surface area (Å²) in [6.45, 7) is 0.463. The van der Waals surface area contributed by atoms with E-state index >= 15 is 0 Å². The van der Waals surface area contributed by atoms with Crippen LogP contribution in [-0.4, -0.2) is 11.9 Å². The van der Waals surface area contributed by atoms with Crippen molar-refractivity contribution in [3.8, 4) is 11.5 Å². The topological polar surface area (TPSA) is 107 Å². The first-order valence-electron chi connectivity index (χ1n) is 6.39. The molecule has 0 aliphatic rings. The lowest BCUT2D eigenvalue weighted by Gasteiger charge is -2.10. The molecule has 0 saturated carbocycles. The van der Waals surface area contributed by atoms with Gasteiger partial charge in [-0.3, -0.25) is 16.1 Å². The van der Waals surface area contributed by atoms with Crippen molar-refractivity contribution < 1.29 is 4.74 Å². The van der Waals surface area contributed by atoms with Crippen LogP contribution >= 0.6 is 12.4 Å². The summed E-state index contributed by atoms with van der Waals surface area (Å²) in [6.07, 6.45) is 0. The van der Waals surface area contributed by atoms with Crippen molar-refractivity contribution in [1.29, 1.82) is 10.8 Å². The van der Waals surface area contributed by atoms with Gasteiger partial charge in [0.1, 0.15) is 11.5 Å². The Morgan fingerprint density at radius 1 is 0.955 bits per heavy atom. The van der Waals surface area contributed by atoms with E-state index in [1.165, 1.54) is 0 Å². The van der Waals surface area contributed by atoms with Crippen molar-refractivity contribution in [2.75, 3.05) is 0 Å². The van der Waals surface area contributed by atoms with Gasteiger partial charge in [0.2, 0.25) is 0 Å². The Hall–Kier alpha value is -2.73. The molecule has 6 N–H and O–H groups in total. The zero-order valence-corrected chi connectivity index (χ0v) is 12.6. The second-order valence-corrected chi connectivity index (χ2v) is 4.33. The molecule has 0 atom stereocenters. The fourth-order valence-electron chi connectivity index (χ4n) is 1.67. The fourth-order valence-corrected chi connectivity index (χ4v) is 1.67. The first kappa shape index (κ1) is 17.3. The summed E-state index contributed by atoms with van der Waals surface area (Å²) in [5.74, 6) is 1.27. The van der Waals surface area contributed by atoms with Gasteiger partial charge in [-0.25, -0.2) is 0 Å². The maximum atomic E-state index is 7.49. The fraction of sp³-hybridized carbons (Fsp3) is 0.0667. The summed E-state index contributed by atoms with van der Waals surface area (Å²) < 4.78 is 5.69. The highest BCUT2D eigenvalue weighted by Gasteiger charge is 1.99. The third-order valence-corrected chi connectivity index (χ3v) is 2.63. The van der Waals surface area contributed by atoms with Crippen molar-refractivity contribution in [3.63, 3.8) is 0 Å². The average Bonchev–Trinajstić information content (AvgIpc) is 2.47. The van der Waals surface area contributed by atoms with E-state index < -0.39 is 0 Å². The van der Waals surface area contributed by atoms with Gasteiger partial charge in [0, 0.05) is 6.54 Å². The van der Waals surface area contributed by atoms with Crippen molar-refractivity contribution >= 4 is 24.3 Å². The van der Waals surface area contributed by atoms with Gasteiger partial charge in [-0.05, 0) is 29.8 Å². The van der Waals surface area contributed by atoms with E-state index in [-0.39, 0.29) is 24.3 Å². The molecule has 0 spiro atoms. The molecule has 0 aliphatic heterocycles. The molecule has 0 unspecified atom stereocenters. The van der Waals surface area contributed by atoms with Gasteiger partial charge in [-0.2, -0.15) is 0 Å². The van der Waals surface area contributed by atoms with Crippen molar-refractivity contribution in [2.45, 2.75) is 6.54 Å². The van der Waals surface area contributed by atoms with Gasteiger partial charge in [-0.15, -0.1) is 12.4 Å². The molecule has 0 aliphatic carbocycles. The third-order valence-electron chi connectivity index (χ3n) is 2.63. The lowest BCUT2D eigenvalue weighted by molar-refractivity contribution is 0.482. The molecule has 7 heteroatoms. The van der Waals surface area contributed by atoms with Crippen LogP contribution in [0.5, 0.6) is 11.5 Å². The number of guanidine groups is 2. The van der Waals surface area contributed by atoms with E-state index in [2.05, 4.69) is 10.6 Å². The van der Waals surface area contributed by atoms with Crippen LogP contribution in [-0.2, 0) is 6.54 Å². The average molecular weight is 320 g/mol. The van der Waals surface area contributed by atoms with E-state index in [0.29, 0.717) is 6.54 Å². The second-order valence-electron chi connectivity index (χ2n) is 4.33. The van der Waals surface area contributed by atoms with Crippen molar-refractivity contribution in [1.82, 2.24) is 10.6 Å². The molecule has 6 nitrogen and oxygen atoms in total. The minimum absolute atomic E-state index is 0. The Labute approximate surface area is 135 Å². The third kappa shape index (κ3) is 5.72. The summed E-state index contributed by atoms with van der Waals surface area (Å²) >= 11 is 0. The molecule has 2 aromatic carbocycles. The van der Waals surface area contributed by atoms with Crippen molar-refractivity contribution in [3.05, 3.63) is 60.2 Å². The minimum Gasteiger partial charge on any atom is -0.457 e. The number of benzene rings is 2. The summed E-state index contributed by atoms with van der Waals surface area (Å²) in [5, 5.41) is 19.7. The monoisotopic (exact) mass is 319 g/mol. The molecule has 0 fully saturated rings. The van der Waals surface area contributed by atoms with E-state index in [1.54, 1.807) is 0 Å². The van der Waals surface area contributed by atoms with Crippen LogP contribution in [0.15, 0.2) is 54.6 Å². The Kier molecular flexibility index (Phi) is 6.72. The molecule has 0 saturated heterocycles. The number of ether oxygens (including phenoxy) is 1. The largest absolute Gasteiger partial charge is 0.457 e. The Balaban J connectivity index is 0.00000242. The standard InChI is InChI=1S/C15H17N5O.ClH/c16-14(17)20-15(18)19-10-11-6-8-13(9-7-11)21-12-4-2-1-3-5-12;/h1-9H,10H2,(H6,16,17,18,19,20);1H. The zero-order chi connectivity index (χ0) is 15.1. The van der Waals surface area contributed by atoms with E-state index in [1.807, 2.05) is 54.6 Å². The number of hydrogen-bond acceptors (Lipinski definition) is 3. The molecule has 0 heterocycles. The van der Waals surface area contributed by atoms with Crippen LogP contribution in [0, 0.1) is 10.8 Å². The van der Waals surface area contributed by atoms with Gasteiger partial charge in [0.05, 0.1) is 0 Å². The molecule has 0 bridgehead atoms. The van der Waals surface area contributed by atoms with E-state index in [9.17, 15) is 0 Å². The van der Waals surface area contributed by atoms with Gasteiger partial charge >= 0.3 is 0 Å². The molecule has 0 radical (unpaired) electrons. The molecule has 22 heavy (non-hydrogen) atoms. The molecule has 116 valence electrons. The predicted molar refractivity (Wildman–Crippen MR) is 89.8 cm³/mol. The van der Waals surface area contributed by atoms with Gasteiger partial charge in [0.15, 0.2) is 11.9 Å². The molecule has 2 aromatic rings. The summed E-state index contributed by atoms with van der Waals surface area (Å²) in [6, 6.07) is 17.1. The number of halogens is 1. The quantitative estimate of drug-likeness (QED) is 0.440. The first-order valence-corrected chi connectivity index (χ1v) is 6.39. The number of rotatable bonds is 4. The maximum absolute atomic E-state index is 7.49. The molecular formula is C15H18ClN5O. The zero-order valence-electron chi connectivity index (χ0n) is 11.8. The number of nitrogens with one attached hydrogen (secondary N) is 4. The lowest BCUT2D eigenvalue weighted by Crippen LogP contribution is -2.42. The highest BCUT2D eigenvalue weighted by Crippen LogP contribution is 2.20. The predicted octanol–water partition coefficient (Wildman–Crippen LogP) is 2.41. The summed E-state index contributed by atoms with van der Waals surface area (Å²) in [4.78, 5) is 0. The lowest BCUT2D eigenvalue weighted by atomic mass is 10.2. The second kappa shape index (κ2) is 8.53. The van der Waals surface area contributed by atoms with Crippen LogP contribution in [0.1, 0.15) is 5.56 Å². The Morgan fingerprint density at radius 3 is 2.14 bits per heavy atom. The number of para-hydroxylation sites is 1. The Bertz CT molecular complexity index is 616. The van der Waals surface area contributed by atoms with Gasteiger partial charge in [0.25, 0.3) is 0 Å². The summed E-state index contributed by atoms with van der Waals surface area (Å²) in [7, 11) is 0. The van der Waals surface area contributed by atoms with Crippen molar-refractivity contribution in [2.24, 2.45) is 5.73 Å². The van der Waals surface area contributed by atoms with Gasteiger partial charge in [-0.1, -0.05) is 30.3 Å². The SMILES string of the molecule is Cl.N=C(N)NC(=N)NCc1ccc(Oc2ccccc2)cc1. The molecule has 0 amide bonds. The van der Waals surface area contributed by atoms with E-state index in [0.717, 1.165) is 17.1 Å². The van der Waals surface area contributed by atoms with Crippen LogP contribution in [0.3, 0.4) is 0 Å². The van der Waals surface area contributed by atoms with Crippen LogP contribution in [0.25, 0.3) is 0 Å². The molecule has 2 rings (SSSR count). The normalized spacial score (nSPS) is 9.27. The highest BCUT2D eigenvalue weighted by atomic mass is 35.5. The highest BCUT2D eigenvalue weighted by molar-refractivity contribution is 5.94. The number of nitrogens with two attached hydrogens (primary N) is 1. The van der Waals surface area contributed by atoms with Crippen LogP contribution in [0.2, 0.25) is 0 Å². The van der Waals surface area contributed by atoms with E-state index in [4.69, 9.17) is 21.3 Å². The minimum atomic E-state index is -0.265.